The SMILES string of the molecule is Cc1cc(NC(=O)CSc2nnc(-c3ccc(Cl)cc3Cl)o2)no1. The van der Waals surface area contributed by atoms with Crippen LogP contribution in [-0.4, -0.2) is 27.0 Å². The van der Waals surface area contributed by atoms with Crippen LogP contribution in [0.2, 0.25) is 10.0 Å². The number of nitrogens with one attached hydrogen (secondary N) is 1. The average molecular weight is 385 g/mol. The molecule has 0 aliphatic rings. The van der Waals surface area contributed by atoms with Gasteiger partial charge in [-0.05, 0) is 25.1 Å². The molecule has 7 nitrogen and oxygen atoms in total. The second-order valence-electron chi connectivity index (χ2n) is 4.66. The third kappa shape index (κ3) is 4.08. The molecule has 0 saturated heterocycles. The summed E-state index contributed by atoms with van der Waals surface area (Å²) < 4.78 is 10.4. The van der Waals surface area contributed by atoms with Crippen LogP contribution in [0.3, 0.4) is 0 Å². The third-order valence-corrected chi connectivity index (χ3v) is 4.16. The summed E-state index contributed by atoms with van der Waals surface area (Å²) in [5.41, 5.74) is 0.572. The zero-order valence-electron chi connectivity index (χ0n) is 12.2. The molecule has 124 valence electrons. The van der Waals surface area contributed by atoms with E-state index in [9.17, 15) is 4.79 Å². The van der Waals surface area contributed by atoms with Gasteiger partial charge in [0.2, 0.25) is 11.8 Å². The van der Waals surface area contributed by atoms with Gasteiger partial charge in [0, 0.05) is 11.1 Å². The normalized spacial score (nSPS) is 10.8. The van der Waals surface area contributed by atoms with E-state index in [4.69, 9.17) is 32.1 Å². The smallest absolute Gasteiger partial charge is 0.277 e. The molecule has 0 bridgehead atoms. The maximum Gasteiger partial charge on any atom is 0.277 e. The lowest BCUT2D eigenvalue weighted by molar-refractivity contribution is -0.113. The Kier molecular flexibility index (Phi) is 5.08. The summed E-state index contributed by atoms with van der Waals surface area (Å²) in [6.07, 6.45) is 0. The van der Waals surface area contributed by atoms with Gasteiger partial charge in [0.15, 0.2) is 5.82 Å². The maximum absolute atomic E-state index is 11.8. The van der Waals surface area contributed by atoms with Crippen molar-refractivity contribution in [2.24, 2.45) is 0 Å². The van der Waals surface area contributed by atoms with Gasteiger partial charge in [-0.15, -0.1) is 10.2 Å². The van der Waals surface area contributed by atoms with Crippen LogP contribution < -0.4 is 5.32 Å². The monoisotopic (exact) mass is 384 g/mol. The highest BCUT2D eigenvalue weighted by Gasteiger charge is 2.14. The largest absolute Gasteiger partial charge is 0.411 e. The number of amides is 1. The highest BCUT2D eigenvalue weighted by molar-refractivity contribution is 7.99. The lowest BCUT2D eigenvalue weighted by Gasteiger charge is -1.99. The number of carbonyl (C=O) groups excluding carboxylic acids is 1. The molecule has 3 aromatic rings. The first-order valence-corrected chi connectivity index (χ1v) is 8.40. The molecule has 10 heteroatoms. The average Bonchev–Trinajstić information content (AvgIpc) is 3.14. The number of carbonyl (C=O) groups is 1. The van der Waals surface area contributed by atoms with Crippen LogP contribution in [0.25, 0.3) is 11.5 Å². The molecule has 2 aromatic heterocycles. The fraction of sp³-hybridized carbons (Fsp3) is 0.143. The van der Waals surface area contributed by atoms with Crippen molar-refractivity contribution in [3.63, 3.8) is 0 Å². The van der Waals surface area contributed by atoms with Gasteiger partial charge in [-0.3, -0.25) is 4.79 Å². The topological polar surface area (TPSA) is 94.1 Å². The fourth-order valence-corrected chi connectivity index (χ4v) is 2.82. The summed E-state index contributed by atoms with van der Waals surface area (Å²) in [5.74, 6) is 1.04. The Morgan fingerprint density at radius 1 is 1.29 bits per heavy atom. The van der Waals surface area contributed by atoms with Crippen molar-refractivity contribution in [2.75, 3.05) is 11.1 Å². The van der Waals surface area contributed by atoms with Gasteiger partial charge in [-0.1, -0.05) is 40.1 Å². The predicted molar refractivity (Wildman–Crippen MR) is 90.3 cm³/mol. The number of anilines is 1. The van der Waals surface area contributed by atoms with Crippen molar-refractivity contribution in [3.05, 3.63) is 40.1 Å². The van der Waals surface area contributed by atoms with E-state index in [0.29, 0.717) is 27.2 Å². The first-order valence-electron chi connectivity index (χ1n) is 6.66. The lowest BCUT2D eigenvalue weighted by Crippen LogP contribution is -2.14. The number of nitrogens with zero attached hydrogens (tertiary/aromatic N) is 3. The summed E-state index contributed by atoms with van der Waals surface area (Å²) in [6.45, 7) is 1.74. The predicted octanol–water partition coefficient (Wildman–Crippen LogP) is 4.07. The van der Waals surface area contributed by atoms with Gasteiger partial charge in [0.05, 0.1) is 16.3 Å². The number of hydrogen-bond acceptors (Lipinski definition) is 7. The van der Waals surface area contributed by atoms with E-state index in [0.717, 1.165) is 11.8 Å². The quantitative estimate of drug-likeness (QED) is 0.662. The molecule has 1 aromatic carbocycles. The highest BCUT2D eigenvalue weighted by atomic mass is 35.5. The van der Waals surface area contributed by atoms with Gasteiger partial charge >= 0.3 is 0 Å². The molecule has 0 fully saturated rings. The van der Waals surface area contributed by atoms with Gasteiger partial charge in [0.1, 0.15) is 5.76 Å². The second-order valence-corrected chi connectivity index (χ2v) is 6.43. The summed E-state index contributed by atoms with van der Waals surface area (Å²) in [4.78, 5) is 11.8. The first-order chi connectivity index (χ1) is 11.5. The first kappa shape index (κ1) is 16.8. The molecular weight excluding hydrogens is 375 g/mol. The summed E-state index contributed by atoms with van der Waals surface area (Å²) in [6, 6.07) is 6.57. The standard InChI is InChI=1S/C14H10Cl2N4O3S/c1-7-4-11(20-23-7)17-12(21)6-24-14-19-18-13(22-14)9-3-2-8(15)5-10(9)16/h2-5H,6H2,1H3,(H,17,20,21). The van der Waals surface area contributed by atoms with E-state index in [-0.39, 0.29) is 22.8 Å². The Morgan fingerprint density at radius 3 is 2.83 bits per heavy atom. The Morgan fingerprint density at radius 2 is 2.12 bits per heavy atom. The number of halogens is 2. The molecule has 0 unspecified atom stereocenters. The van der Waals surface area contributed by atoms with Crippen LogP contribution >= 0.6 is 35.0 Å². The van der Waals surface area contributed by atoms with Crippen LogP contribution in [0.15, 0.2) is 38.4 Å². The van der Waals surface area contributed by atoms with E-state index < -0.39 is 0 Å². The van der Waals surface area contributed by atoms with Crippen LogP contribution in [0.5, 0.6) is 0 Å². The maximum atomic E-state index is 11.8. The van der Waals surface area contributed by atoms with Crippen molar-refractivity contribution in [3.8, 4) is 11.5 Å². The van der Waals surface area contributed by atoms with Crippen molar-refractivity contribution < 1.29 is 13.7 Å². The van der Waals surface area contributed by atoms with Crippen molar-refractivity contribution in [1.29, 1.82) is 0 Å². The molecule has 1 N–H and O–H groups in total. The molecule has 0 spiro atoms. The molecule has 24 heavy (non-hydrogen) atoms. The second kappa shape index (κ2) is 7.25. The zero-order valence-corrected chi connectivity index (χ0v) is 14.6. The minimum absolute atomic E-state index is 0.0852. The molecule has 0 atom stereocenters. The van der Waals surface area contributed by atoms with E-state index in [1.807, 2.05) is 0 Å². The number of hydrogen-bond donors (Lipinski definition) is 1. The highest BCUT2D eigenvalue weighted by Crippen LogP contribution is 2.31. The van der Waals surface area contributed by atoms with Crippen LogP contribution in [-0.2, 0) is 4.79 Å². The molecule has 0 aliphatic carbocycles. The zero-order chi connectivity index (χ0) is 17.1. The Labute approximate surface area is 150 Å². The van der Waals surface area contributed by atoms with Crippen molar-refractivity contribution in [2.45, 2.75) is 12.1 Å². The van der Waals surface area contributed by atoms with Crippen LogP contribution in [0, 0.1) is 6.92 Å². The van der Waals surface area contributed by atoms with E-state index in [1.54, 1.807) is 31.2 Å². The van der Waals surface area contributed by atoms with Gasteiger partial charge in [-0.2, -0.15) is 0 Å². The summed E-state index contributed by atoms with van der Waals surface area (Å²) in [7, 11) is 0. The lowest BCUT2D eigenvalue weighted by atomic mass is 10.2. The number of rotatable bonds is 5. The molecule has 3 rings (SSSR count). The Hall–Kier alpha value is -2.03. The van der Waals surface area contributed by atoms with E-state index in [2.05, 4.69) is 20.7 Å². The molecule has 0 aliphatic heterocycles. The number of aryl methyl sites for hydroxylation is 1. The summed E-state index contributed by atoms with van der Waals surface area (Å²) in [5, 5.41) is 15.2. The molecule has 0 radical (unpaired) electrons. The van der Waals surface area contributed by atoms with Gasteiger partial charge in [0.25, 0.3) is 5.22 Å². The molecule has 2 heterocycles. The van der Waals surface area contributed by atoms with E-state index >= 15 is 0 Å². The Bertz CT molecular complexity index is 881. The van der Waals surface area contributed by atoms with Gasteiger partial charge < -0.3 is 14.3 Å². The van der Waals surface area contributed by atoms with Crippen molar-refractivity contribution >= 4 is 46.7 Å². The number of thioether (sulfide) groups is 1. The van der Waals surface area contributed by atoms with Gasteiger partial charge in [-0.25, -0.2) is 0 Å². The number of benzene rings is 1. The fourth-order valence-electron chi connectivity index (χ4n) is 1.77. The van der Waals surface area contributed by atoms with Crippen LogP contribution in [0.4, 0.5) is 5.82 Å². The van der Waals surface area contributed by atoms with Crippen molar-refractivity contribution in [1.82, 2.24) is 15.4 Å². The molecule has 0 saturated carbocycles. The minimum atomic E-state index is -0.266. The molecular formula is C14H10Cl2N4O3S. The van der Waals surface area contributed by atoms with Crippen LogP contribution in [0.1, 0.15) is 5.76 Å². The summed E-state index contributed by atoms with van der Waals surface area (Å²) >= 11 is 13.0. The Balaban J connectivity index is 1.60. The minimum Gasteiger partial charge on any atom is -0.411 e. The third-order valence-electron chi connectivity index (χ3n) is 2.79. The molecule has 1 amide bonds. The number of aromatic nitrogens is 3. The van der Waals surface area contributed by atoms with E-state index in [1.165, 1.54) is 0 Å².